The standard InChI is InChI=1S/C22H20O/c1-16-11-12-19(13-17(16)2)14-18-7-6-10-21(15-18)22(23)20-8-4-3-5-9-20/h3-13,15H,14H2,1-2H3. The van der Waals surface area contributed by atoms with E-state index in [1.807, 2.05) is 48.5 Å². The Balaban J connectivity index is 1.85. The normalized spacial score (nSPS) is 10.5. The van der Waals surface area contributed by atoms with Gasteiger partial charge < -0.3 is 0 Å². The second-order valence-electron chi connectivity index (χ2n) is 5.99. The van der Waals surface area contributed by atoms with Crippen molar-refractivity contribution in [2.45, 2.75) is 20.3 Å². The minimum Gasteiger partial charge on any atom is -0.289 e. The van der Waals surface area contributed by atoms with Gasteiger partial charge in [0.25, 0.3) is 0 Å². The minimum atomic E-state index is 0.0764. The fourth-order valence-electron chi connectivity index (χ4n) is 2.73. The molecule has 0 unspecified atom stereocenters. The molecule has 0 N–H and O–H groups in total. The molecular weight excluding hydrogens is 280 g/mol. The number of benzene rings is 3. The summed E-state index contributed by atoms with van der Waals surface area (Å²) in [6.07, 6.45) is 0.844. The van der Waals surface area contributed by atoms with Gasteiger partial charge in [-0.2, -0.15) is 0 Å². The van der Waals surface area contributed by atoms with Gasteiger partial charge >= 0.3 is 0 Å². The summed E-state index contributed by atoms with van der Waals surface area (Å²) in [4.78, 5) is 12.5. The zero-order chi connectivity index (χ0) is 16.2. The molecular formula is C22H20O. The van der Waals surface area contributed by atoms with Crippen molar-refractivity contribution >= 4 is 5.78 Å². The average molecular weight is 300 g/mol. The number of rotatable bonds is 4. The smallest absolute Gasteiger partial charge is 0.193 e. The van der Waals surface area contributed by atoms with Crippen molar-refractivity contribution in [1.29, 1.82) is 0 Å². The molecule has 3 rings (SSSR count). The fourth-order valence-corrected chi connectivity index (χ4v) is 2.73. The van der Waals surface area contributed by atoms with E-state index in [0.717, 1.165) is 23.1 Å². The third-order valence-electron chi connectivity index (χ3n) is 4.20. The van der Waals surface area contributed by atoms with E-state index in [2.05, 4.69) is 38.1 Å². The summed E-state index contributed by atoms with van der Waals surface area (Å²) >= 11 is 0. The van der Waals surface area contributed by atoms with Crippen LogP contribution in [-0.4, -0.2) is 5.78 Å². The van der Waals surface area contributed by atoms with Gasteiger partial charge in [-0.1, -0.05) is 66.7 Å². The minimum absolute atomic E-state index is 0.0764. The number of hydrogen-bond acceptors (Lipinski definition) is 1. The molecule has 0 heterocycles. The topological polar surface area (TPSA) is 17.1 Å². The highest BCUT2D eigenvalue weighted by molar-refractivity contribution is 6.09. The van der Waals surface area contributed by atoms with E-state index in [0.29, 0.717) is 0 Å². The Morgan fingerprint density at radius 2 is 1.39 bits per heavy atom. The van der Waals surface area contributed by atoms with Crippen LogP contribution in [0.25, 0.3) is 0 Å². The van der Waals surface area contributed by atoms with E-state index in [1.54, 1.807) is 0 Å². The number of hydrogen-bond donors (Lipinski definition) is 0. The van der Waals surface area contributed by atoms with Crippen LogP contribution in [0.3, 0.4) is 0 Å². The summed E-state index contributed by atoms with van der Waals surface area (Å²) in [5.41, 5.74) is 6.53. The lowest BCUT2D eigenvalue weighted by atomic mass is 9.97. The van der Waals surface area contributed by atoms with E-state index in [-0.39, 0.29) is 5.78 Å². The predicted octanol–water partition coefficient (Wildman–Crippen LogP) is 5.13. The predicted molar refractivity (Wildman–Crippen MR) is 95.0 cm³/mol. The van der Waals surface area contributed by atoms with Crippen LogP contribution in [0.5, 0.6) is 0 Å². The molecule has 0 aliphatic heterocycles. The second-order valence-corrected chi connectivity index (χ2v) is 5.99. The lowest BCUT2D eigenvalue weighted by Gasteiger charge is -2.07. The number of aryl methyl sites for hydroxylation is 2. The molecule has 0 atom stereocenters. The number of carbonyl (C=O) groups is 1. The fraction of sp³-hybridized carbons (Fsp3) is 0.136. The first-order valence-corrected chi connectivity index (χ1v) is 7.88. The highest BCUT2D eigenvalue weighted by Crippen LogP contribution is 2.17. The van der Waals surface area contributed by atoms with Crippen LogP contribution < -0.4 is 0 Å². The van der Waals surface area contributed by atoms with Crippen LogP contribution >= 0.6 is 0 Å². The van der Waals surface area contributed by atoms with Gasteiger partial charge in [0.05, 0.1) is 0 Å². The van der Waals surface area contributed by atoms with E-state index < -0.39 is 0 Å². The van der Waals surface area contributed by atoms with Gasteiger partial charge in [-0.3, -0.25) is 4.79 Å². The Morgan fingerprint density at radius 3 is 2.13 bits per heavy atom. The molecule has 1 heteroatoms. The van der Waals surface area contributed by atoms with Crippen LogP contribution in [0.15, 0.2) is 72.8 Å². The summed E-state index contributed by atoms with van der Waals surface area (Å²) in [6, 6.07) is 23.9. The first-order valence-electron chi connectivity index (χ1n) is 7.88. The third kappa shape index (κ3) is 3.57. The van der Waals surface area contributed by atoms with Crippen molar-refractivity contribution in [3.63, 3.8) is 0 Å². The Bertz CT molecular complexity index is 832. The summed E-state index contributed by atoms with van der Waals surface area (Å²) in [7, 11) is 0. The molecule has 0 radical (unpaired) electrons. The lowest BCUT2D eigenvalue weighted by Crippen LogP contribution is -2.02. The Kier molecular flexibility index (Phi) is 4.38. The molecule has 0 fully saturated rings. The molecule has 0 amide bonds. The highest BCUT2D eigenvalue weighted by Gasteiger charge is 2.09. The van der Waals surface area contributed by atoms with Gasteiger partial charge in [-0.15, -0.1) is 0 Å². The molecule has 1 nitrogen and oxygen atoms in total. The maximum atomic E-state index is 12.5. The molecule has 0 bridgehead atoms. The van der Waals surface area contributed by atoms with E-state index in [1.165, 1.54) is 16.7 Å². The molecule has 114 valence electrons. The van der Waals surface area contributed by atoms with Crippen molar-refractivity contribution in [3.05, 3.63) is 106 Å². The van der Waals surface area contributed by atoms with Gasteiger partial charge in [-0.05, 0) is 48.6 Å². The number of ketones is 1. The maximum absolute atomic E-state index is 12.5. The van der Waals surface area contributed by atoms with Crippen molar-refractivity contribution in [2.24, 2.45) is 0 Å². The molecule has 0 saturated heterocycles. The van der Waals surface area contributed by atoms with Crippen molar-refractivity contribution in [1.82, 2.24) is 0 Å². The van der Waals surface area contributed by atoms with E-state index in [9.17, 15) is 4.79 Å². The van der Waals surface area contributed by atoms with Gasteiger partial charge in [0.15, 0.2) is 5.78 Å². The SMILES string of the molecule is Cc1ccc(Cc2cccc(C(=O)c3ccccc3)c2)cc1C. The molecule has 3 aromatic carbocycles. The Morgan fingerprint density at radius 1 is 0.696 bits per heavy atom. The molecule has 0 saturated carbocycles. The monoisotopic (exact) mass is 300 g/mol. The van der Waals surface area contributed by atoms with Crippen molar-refractivity contribution in [2.75, 3.05) is 0 Å². The Hall–Kier alpha value is -2.67. The van der Waals surface area contributed by atoms with Crippen LogP contribution in [0.4, 0.5) is 0 Å². The number of carbonyl (C=O) groups excluding carboxylic acids is 1. The van der Waals surface area contributed by atoms with E-state index in [4.69, 9.17) is 0 Å². The Labute approximate surface area is 137 Å². The molecule has 0 spiro atoms. The summed E-state index contributed by atoms with van der Waals surface area (Å²) in [5.74, 6) is 0.0764. The second kappa shape index (κ2) is 6.62. The summed E-state index contributed by atoms with van der Waals surface area (Å²) in [5, 5.41) is 0. The quantitative estimate of drug-likeness (QED) is 0.611. The van der Waals surface area contributed by atoms with Gasteiger partial charge in [0, 0.05) is 11.1 Å². The third-order valence-corrected chi connectivity index (χ3v) is 4.20. The largest absolute Gasteiger partial charge is 0.289 e. The zero-order valence-corrected chi connectivity index (χ0v) is 13.5. The van der Waals surface area contributed by atoms with Gasteiger partial charge in [0.1, 0.15) is 0 Å². The zero-order valence-electron chi connectivity index (χ0n) is 13.5. The first-order chi connectivity index (χ1) is 11.1. The molecule has 0 aliphatic carbocycles. The van der Waals surface area contributed by atoms with Crippen LogP contribution in [-0.2, 0) is 6.42 Å². The van der Waals surface area contributed by atoms with Crippen LogP contribution in [0.1, 0.15) is 38.2 Å². The lowest BCUT2D eigenvalue weighted by molar-refractivity contribution is 0.103. The summed E-state index contributed by atoms with van der Waals surface area (Å²) < 4.78 is 0. The van der Waals surface area contributed by atoms with Crippen LogP contribution in [0.2, 0.25) is 0 Å². The van der Waals surface area contributed by atoms with E-state index >= 15 is 0 Å². The van der Waals surface area contributed by atoms with Crippen LogP contribution in [0, 0.1) is 13.8 Å². The van der Waals surface area contributed by atoms with Crippen molar-refractivity contribution < 1.29 is 4.79 Å². The van der Waals surface area contributed by atoms with Gasteiger partial charge in [-0.25, -0.2) is 0 Å². The molecule has 0 aromatic heterocycles. The van der Waals surface area contributed by atoms with Gasteiger partial charge in [0.2, 0.25) is 0 Å². The molecule has 23 heavy (non-hydrogen) atoms. The molecule has 0 aliphatic rings. The van der Waals surface area contributed by atoms with Crippen molar-refractivity contribution in [3.8, 4) is 0 Å². The highest BCUT2D eigenvalue weighted by atomic mass is 16.1. The average Bonchev–Trinajstić information content (AvgIpc) is 2.58. The maximum Gasteiger partial charge on any atom is 0.193 e. The molecule has 3 aromatic rings. The summed E-state index contributed by atoms with van der Waals surface area (Å²) in [6.45, 7) is 4.26. The first kappa shape index (κ1) is 15.2.